The van der Waals surface area contributed by atoms with Crippen molar-refractivity contribution in [2.24, 2.45) is 0 Å². The quantitative estimate of drug-likeness (QED) is 0.679. The Balaban J connectivity index is 1.46. The number of fused-ring (bicyclic) bond motifs is 1. The highest BCUT2D eigenvalue weighted by Crippen LogP contribution is 2.27. The van der Waals surface area contributed by atoms with E-state index in [4.69, 9.17) is 16.3 Å². The molecule has 1 aliphatic rings. The minimum atomic E-state index is -0.173. The predicted molar refractivity (Wildman–Crippen MR) is 118 cm³/mol. The van der Waals surface area contributed by atoms with Gasteiger partial charge in [-0.05, 0) is 55.7 Å². The number of anilines is 1. The van der Waals surface area contributed by atoms with Crippen molar-refractivity contribution in [1.29, 1.82) is 0 Å². The first-order valence-corrected chi connectivity index (χ1v) is 10.2. The fraction of sp³-hybridized carbons (Fsp3) is 0.318. The van der Waals surface area contributed by atoms with Gasteiger partial charge < -0.3 is 15.0 Å². The van der Waals surface area contributed by atoms with Crippen molar-refractivity contribution in [2.45, 2.75) is 25.8 Å². The smallest absolute Gasteiger partial charge is 0.321 e. The Labute approximate surface area is 179 Å². The lowest BCUT2D eigenvalue weighted by Gasteiger charge is -2.33. The first kappa shape index (κ1) is 20.2. The van der Waals surface area contributed by atoms with Crippen LogP contribution in [0.1, 0.15) is 24.4 Å². The molecule has 8 heteroatoms. The third-order valence-electron chi connectivity index (χ3n) is 5.49. The van der Waals surface area contributed by atoms with Crippen LogP contribution in [0.25, 0.3) is 10.9 Å². The minimum Gasteiger partial charge on any atom is -0.495 e. The third kappa shape index (κ3) is 3.98. The molecule has 3 aromatic rings. The number of hydrogen-bond donors (Lipinski definition) is 1. The third-order valence-corrected chi connectivity index (χ3v) is 5.72. The van der Waals surface area contributed by atoms with Crippen molar-refractivity contribution in [1.82, 2.24) is 14.5 Å². The van der Waals surface area contributed by atoms with E-state index in [1.807, 2.05) is 25.1 Å². The number of carbonyl (C=O) groups excluding carboxylic acids is 1. The molecule has 0 saturated carbocycles. The predicted octanol–water partition coefficient (Wildman–Crippen LogP) is 4.24. The molecule has 1 saturated heterocycles. The van der Waals surface area contributed by atoms with Gasteiger partial charge in [-0.1, -0.05) is 17.7 Å². The maximum Gasteiger partial charge on any atom is 0.321 e. The number of amides is 2. The van der Waals surface area contributed by atoms with Crippen molar-refractivity contribution in [3.05, 3.63) is 63.7 Å². The lowest BCUT2D eigenvalue weighted by atomic mass is 10.0. The molecular formula is C22H23ClN4O3. The van der Waals surface area contributed by atoms with Gasteiger partial charge in [0, 0.05) is 24.2 Å². The minimum absolute atomic E-state index is 0.00839. The summed E-state index contributed by atoms with van der Waals surface area (Å²) < 4.78 is 7.00. The average molecular weight is 427 g/mol. The van der Waals surface area contributed by atoms with Crippen LogP contribution in [0.2, 0.25) is 5.02 Å². The van der Waals surface area contributed by atoms with Gasteiger partial charge >= 0.3 is 6.03 Å². The van der Waals surface area contributed by atoms with Crippen LogP contribution in [0.3, 0.4) is 0 Å². The average Bonchev–Trinajstić information content (AvgIpc) is 2.75. The molecule has 0 spiro atoms. The Bertz CT molecular complexity index is 1150. The van der Waals surface area contributed by atoms with Gasteiger partial charge in [-0.15, -0.1) is 0 Å². The van der Waals surface area contributed by atoms with E-state index in [2.05, 4.69) is 10.3 Å². The van der Waals surface area contributed by atoms with E-state index >= 15 is 0 Å². The number of nitrogens with one attached hydrogen (secondary N) is 1. The number of ether oxygens (including phenoxy) is 1. The van der Waals surface area contributed by atoms with E-state index in [1.54, 1.807) is 41.1 Å². The normalized spacial score (nSPS) is 14.7. The van der Waals surface area contributed by atoms with Gasteiger partial charge in [-0.3, -0.25) is 9.36 Å². The molecule has 1 aromatic heterocycles. The molecule has 0 unspecified atom stereocenters. The topological polar surface area (TPSA) is 76.5 Å². The van der Waals surface area contributed by atoms with Gasteiger partial charge in [-0.25, -0.2) is 9.78 Å². The molecule has 2 heterocycles. The molecule has 4 rings (SSSR count). The molecule has 7 nitrogen and oxygen atoms in total. The lowest BCUT2D eigenvalue weighted by molar-refractivity contribution is 0.182. The summed E-state index contributed by atoms with van der Waals surface area (Å²) in [5.41, 5.74) is 2.21. The summed E-state index contributed by atoms with van der Waals surface area (Å²) >= 11 is 6.04. The molecule has 2 aromatic carbocycles. The van der Waals surface area contributed by atoms with Crippen molar-refractivity contribution in [3.63, 3.8) is 0 Å². The standard InChI is InChI=1S/C22H23ClN4O3/c1-14-3-6-20(30-2)19(11-14)25-22(29)26-9-7-16(8-10-26)27-13-24-18-5-4-15(23)12-17(18)21(27)28/h3-6,11-13,16H,7-10H2,1-2H3,(H,25,29). The van der Waals surface area contributed by atoms with E-state index in [0.29, 0.717) is 53.3 Å². The van der Waals surface area contributed by atoms with Crippen LogP contribution in [0.15, 0.2) is 47.5 Å². The number of carbonyl (C=O) groups is 1. The van der Waals surface area contributed by atoms with Gasteiger partial charge in [0.1, 0.15) is 5.75 Å². The van der Waals surface area contributed by atoms with Crippen LogP contribution in [-0.2, 0) is 0 Å². The highest BCUT2D eigenvalue weighted by Gasteiger charge is 2.25. The van der Waals surface area contributed by atoms with E-state index in [-0.39, 0.29) is 17.6 Å². The maximum atomic E-state index is 12.9. The zero-order valence-corrected chi connectivity index (χ0v) is 17.6. The number of halogens is 1. The number of methoxy groups -OCH3 is 1. The molecule has 156 valence electrons. The fourth-order valence-electron chi connectivity index (χ4n) is 3.83. The Morgan fingerprint density at radius 2 is 1.97 bits per heavy atom. The number of aryl methyl sites for hydroxylation is 1. The molecule has 2 amide bonds. The molecule has 1 fully saturated rings. The number of likely N-dealkylation sites (tertiary alicyclic amines) is 1. The molecular weight excluding hydrogens is 404 g/mol. The second-order valence-electron chi connectivity index (χ2n) is 7.47. The van der Waals surface area contributed by atoms with E-state index in [9.17, 15) is 9.59 Å². The Hall–Kier alpha value is -3.06. The number of urea groups is 1. The van der Waals surface area contributed by atoms with Crippen LogP contribution in [0, 0.1) is 6.92 Å². The molecule has 0 atom stereocenters. The van der Waals surface area contributed by atoms with E-state index < -0.39 is 0 Å². The summed E-state index contributed by atoms with van der Waals surface area (Å²) in [4.78, 5) is 31.8. The SMILES string of the molecule is COc1ccc(C)cc1NC(=O)N1CCC(n2cnc3ccc(Cl)cc3c2=O)CC1. The van der Waals surface area contributed by atoms with Crippen molar-refractivity contribution < 1.29 is 9.53 Å². The van der Waals surface area contributed by atoms with Crippen LogP contribution in [0.4, 0.5) is 10.5 Å². The van der Waals surface area contributed by atoms with Crippen LogP contribution < -0.4 is 15.6 Å². The first-order chi connectivity index (χ1) is 14.5. The number of benzene rings is 2. The van der Waals surface area contributed by atoms with Crippen molar-refractivity contribution >= 4 is 34.2 Å². The molecule has 30 heavy (non-hydrogen) atoms. The first-order valence-electron chi connectivity index (χ1n) is 9.83. The number of aromatic nitrogens is 2. The summed E-state index contributed by atoms with van der Waals surface area (Å²) in [6.07, 6.45) is 2.94. The summed E-state index contributed by atoms with van der Waals surface area (Å²) in [5.74, 6) is 0.622. The van der Waals surface area contributed by atoms with Crippen LogP contribution >= 0.6 is 11.6 Å². The zero-order chi connectivity index (χ0) is 21.3. The number of piperidine rings is 1. The summed E-state index contributed by atoms with van der Waals surface area (Å²) in [6.45, 7) is 3.05. The van der Waals surface area contributed by atoms with Gasteiger partial charge in [0.05, 0.1) is 30.0 Å². The highest BCUT2D eigenvalue weighted by molar-refractivity contribution is 6.31. The fourth-order valence-corrected chi connectivity index (χ4v) is 4.00. The van der Waals surface area contributed by atoms with Crippen molar-refractivity contribution in [2.75, 3.05) is 25.5 Å². The molecule has 0 radical (unpaired) electrons. The zero-order valence-electron chi connectivity index (χ0n) is 16.9. The Morgan fingerprint density at radius 1 is 1.20 bits per heavy atom. The maximum absolute atomic E-state index is 12.9. The van der Waals surface area contributed by atoms with Crippen LogP contribution in [0.5, 0.6) is 5.75 Å². The summed E-state index contributed by atoms with van der Waals surface area (Å²) in [7, 11) is 1.58. The summed E-state index contributed by atoms with van der Waals surface area (Å²) in [6, 6.07) is 10.6. The number of hydrogen-bond acceptors (Lipinski definition) is 4. The Morgan fingerprint density at radius 3 is 2.70 bits per heavy atom. The second-order valence-corrected chi connectivity index (χ2v) is 7.91. The largest absolute Gasteiger partial charge is 0.495 e. The van der Waals surface area contributed by atoms with Gasteiger partial charge in [0.2, 0.25) is 0 Å². The second kappa shape index (κ2) is 8.36. The number of nitrogens with zero attached hydrogens (tertiary/aromatic N) is 3. The Kier molecular flexibility index (Phi) is 5.63. The van der Waals surface area contributed by atoms with Gasteiger partial charge in [-0.2, -0.15) is 0 Å². The monoisotopic (exact) mass is 426 g/mol. The van der Waals surface area contributed by atoms with Gasteiger partial charge in [0.25, 0.3) is 5.56 Å². The molecule has 0 aliphatic carbocycles. The summed E-state index contributed by atoms with van der Waals surface area (Å²) in [5, 5.41) is 3.96. The molecule has 1 aliphatic heterocycles. The molecule has 1 N–H and O–H groups in total. The van der Waals surface area contributed by atoms with Crippen molar-refractivity contribution in [3.8, 4) is 5.75 Å². The molecule has 0 bridgehead atoms. The van der Waals surface area contributed by atoms with Crippen LogP contribution in [-0.4, -0.2) is 40.7 Å². The number of rotatable bonds is 3. The lowest BCUT2D eigenvalue weighted by Crippen LogP contribution is -2.42. The van der Waals surface area contributed by atoms with E-state index in [0.717, 1.165) is 5.56 Å². The highest BCUT2D eigenvalue weighted by atomic mass is 35.5. The van der Waals surface area contributed by atoms with E-state index in [1.165, 1.54) is 0 Å². The van der Waals surface area contributed by atoms with Gasteiger partial charge in [0.15, 0.2) is 0 Å².